The van der Waals surface area contributed by atoms with Crippen molar-refractivity contribution in [2.45, 2.75) is 32.4 Å². The van der Waals surface area contributed by atoms with E-state index in [9.17, 15) is 14.7 Å². The number of nitrogens with zero attached hydrogens (tertiary/aromatic N) is 2. The summed E-state index contributed by atoms with van der Waals surface area (Å²) in [4.78, 5) is 32.9. The Hall–Kier alpha value is -4.10. The van der Waals surface area contributed by atoms with Crippen molar-refractivity contribution in [2.24, 2.45) is 0 Å². The molecule has 188 valence electrons. The molecule has 0 saturated carbocycles. The summed E-state index contributed by atoms with van der Waals surface area (Å²) in [6.07, 6.45) is 1.63. The van der Waals surface area contributed by atoms with Gasteiger partial charge in [-0.1, -0.05) is 55.8 Å². The van der Waals surface area contributed by atoms with E-state index in [1.165, 1.54) is 18.1 Å². The number of ether oxygens (including phenoxy) is 1. The molecule has 2 aromatic heterocycles. The van der Waals surface area contributed by atoms with Crippen LogP contribution in [0.3, 0.4) is 0 Å². The fourth-order valence-corrected chi connectivity index (χ4v) is 4.82. The van der Waals surface area contributed by atoms with Crippen LogP contribution in [0.2, 0.25) is 5.02 Å². The molecular weight excluding hydrogens is 492 g/mol. The minimum atomic E-state index is -0.832. The van der Waals surface area contributed by atoms with Gasteiger partial charge in [-0.2, -0.15) is 0 Å². The van der Waals surface area contributed by atoms with Gasteiger partial charge >= 0.3 is 0 Å². The SMILES string of the molecule is COc1cc(Cl)cc2cc(C(=O)C3=C(O)C(=O)N(Cc4ccccn4)C3c3ccc(C(C)C)cc3)oc12. The summed E-state index contributed by atoms with van der Waals surface area (Å²) in [6.45, 7) is 4.29. The minimum Gasteiger partial charge on any atom is -0.503 e. The van der Waals surface area contributed by atoms with Gasteiger partial charge in [0.1, 0.15) is 0 Å². The lowest BCUT2D eigenvalue weighted by molar-refractivity contribution is -0.130. The lowest BCUT2D eigenvalue weighted by Crippen LogP contribution is -2.31. The van der Waals surface area contributed by atoms with Crippen LogP contribution in [0.1, 0.15) is 53.2 Å². The molecule has 3 heterocycles. The molecule has 1 amide bonds. The maximum Gasteiger partial charge on any atom is 0.290 e. The Morgan fingerprint density at radius 2 is 1.92 bits per heavy atom. The van der Waals surface area contributed by atoms with Gasteiger partial charge in [0, 0.05) is 22.7 Å². The van der Waals surface area contributed by atoms with E-state index in [4.69, 9.17) is 20.8 Å². The Morgan fingerprint density at radius 3 is 2.57 bits per heavy atom. The molecule has 0 spiro atoms. The molecule has 0 bridgehead atoms. The van der Waals surface area contributed by atoms with Gasteiger partial charge in [-0.3, -0.25) is 14.6 Å². The molecule has 37 heavy (non-hydrogen) atoms. The third-order valence-electron chi connectivity index (χ3n) is 6.52. The van der Waals surface area contributed by atoms with Gasteiger partial charge in [0.25, 0.3) is 5.91 Å². The van der Waals surface area contributed by atoms with Gasteiger partial charge in [0.15, 0.2) is 22.9 Å². The largest absolute Gasteiger partial charge is 0.503 e. The quantitative estimate of drug-likeness (QED) is 0.286. The Morgan fingerprint density at radius 1 is 1.16 bits per heavy atom. The molecule has 2 aromatic carbocycles. The van der Waals surface area contributed by atoms with Crippen molar-refractivity contribution in [2.75, 3.05) is 7.11 Å². The summed E-state index contributed by atoms with van der Waals surface area (Å²) in [6, 6.07) is 17.0. The zero-order valence-electron chi connectivity index (χ0n) is 20.6. The third-order valence-corrected chi connectivity index (χ3v) is 6.73. The number of furan rings is 1. The zero-order valence-corrected chi connectivity index (χ0v) is 21.3. The van der Waals surface area contributed by atoms with E-state index in [2.05, 4.69) is 18.8 Å². The molecule has 8 heteroatoms. The monoisotopic (exact) mass is 516 g/mol. The number of fused-ring (bicyclic) bond motifs is 1. The van der Waals surface area contributed by atoms with Crippen LogP contribution in [0, 0.1) is 0 Å². The number of carbonyl (C=O) groups is 2. The number of aliphatic hydroxyl groups is 1. The van der Waals surface area contributed by atoms with E-state index in [0.717, 1.165) is 5.56 Å². The van der Waals surface area contributed by atoms with Crippen LogP contribution in [-0.4, -0.2) is 33.8 Å². The molecule has 1 atom stereocenters. The summed E-state index contributed by atoms with van der Waals surface area (Å²) in [7, 11) is 1.48. The first-order chi connectivity index (χ1) is 17.8. The van der Waals surface area contributed by atoms with Crippen molar-refractivity contribution in [3.05, 3.63) is 106 Å². The van der Waals surface area contributed by atoms with Crippen LogP contribution in [-0.2, 0) is 11.3 Å². The molecule has 0 saturated heterocycles. The fraction of sp³-hybridized carbons (Fsp3) is 0.207. The Bertz CT molecular complexity index is 1520. The second-order valence-corrected chi connectivity index (χ2v) is 9.64. The average molecular weight is 517 g/mol. The highest BCUT2D eigenvalue weighted by Gasteiger charge is 2.44. The van der Waals surface area contributed by atoms with E-state index in [1.54, 1.807) is 30.5 Å². The summed E-state index contributed by atoms with van der Waals surface area (Å²) in [5, 5.41) is 12.0. The van der Waals surface area contributed by atoms with Crippen LogP contribution in [0.4, 0.5) is 0 Å². The van der Waals surface area contributed by atoms with Crippen LogP contribution in [0.5, 0.6) is 5.75 Å². The van der Waals surface area contributed by atoms with Crippen LogP contribution in [0.15, 0.2) is 82.6 Å². The van der Waals surface area contributed by atoms with Gasteiger partial charge in [-0.25, -0.2) is 0 Å². The predicted molar refractivity (Wildman–Crippen MR) is 140 cm³/mol. The highest BCUT2D eigenvalue weighted by atomic mass is 35.5. The molecule has 4 aromatic rings. The number of amides is 1. The first kappa shape index (κ1) is 24.6. The zero-order chi connectivity index (χ0) is 26.3. The van der Waals surface area contributed by atoms with E-state index in [-0.39, 0.29) is 17.9 Å². The van der Waals surface area contributed by atoms with Crippen molar-refractivity contribution in [3.63, 3.8) is 0 Å². The van der Waals surface area contributed by atoms with Crippen molar-refractivity contribution >= 4 is 34.3 Å². The van der Waals surface area contributed by atoms with E-state index in [0.29, 0.717) is 38.9 Å². The smallest absolute Gasteiger partial charge is 0.290 e. The first-order valence-electron chi connectivity index (χ1n) is 11.8. The van der Waals surface area contributed by atoms with Crippen LogP contribution >= 0.6 is 11.6 Å². The van der Waals surface area contributed by atoms with E-state index < -0.39 is 23.5 Å². The van der Waals surface area contributed by atoms with Crippen LogP contribution in [0.25, 0.3) is 11.0 Å². The maximum absolute atomic E-state index is 13.8. The number of hydrogen-bond acceptors (Lipinski definition) is 6. The molecule has 0 fully saturated rings. The van der Waals surface area contributed by atoms with Crippen molar-refractivity contribution in [1.82, 2.24) is 9.88 Å². The summed E-state index contributed by atoms with van der Waals surface area (Å²) < 4.78 is 11.2. The van der Waals surface area contributed by atoms with Crippen molar-refractivity contribution in [3.8, 4) is 5.75 Å². The molecule has 1 unspecified atom stereocenters. The molecule has 0 aliphatic carbocycles. The molecule has 0 radical (unpaired) electrons. The van der Waals surface area contributed by atoms with Gasteiger partial charge in [0.05, 0.1) is 31.0 Å². The minimum absolute atomic E-state index is 0.0339. The molecule has 1 N–H and O–H groups in total. The van der Waals surface area contributed by atoms with Gasteiger partial charge in [0.2, 0.25) is 5.78 Å². The average Bonchev–Trinajstić information content (AvgIpc) is 3.43. The Balaban J connectivity index is 1.61. The summed E-state index contributed by atoms with van der Waals surface area (Å²) in [5.41, 5.74) is 2.74. The predicted octanol–water partition coefficient (Wildman–Crippen LogP) is 6.39. The van der Waals surface area contributed by atoms with Crippen molar-refractivity contribution < 1.29 is 23.8 Å². The number of halogens is 1. The number of aliphatic hydroxyl groups excluding tert-OH is 1. The second kappa shape index (κ2) is 9.75. The van der Waals surface area contributed by atoms with Crippen LogP contribution < -0.4 is 4.74 Å². The number of ketones is 1. The summed E-state index contributed by atoms with van der Waals surface area (Å²) in [5.74, 6) is -1.20. The summed E-state index contributed by atoms with van der Waals surface area (Å²) >= 11 is 6.18. The number of hydrogen-bond donors (Lipinski definition) is 1. The standard InChI is InChI=1S/C29H25ClN2O5/c1-16(2)17-7-9-18(10-8-17)25-24(27(34)29(35)32(25)15-21-6-4-5-11-31-21)26(33)22-13-19-12-20(30)14-23(36-3)28(19)37-22/h4-14,16,25,34H,15H2,1-3H3. The molecular formula is C29H25ClN2O5. The molecule has 7 nitrogen and oxygen atoms in total. The number of Topliss-reactive ketones (excluding diaryl/α,β-unsaturated/α-hetero) is 1. The van der Waals surface area contributed by atoms with E-state index >= 15 is 0 Å². The lowest BCUT2D eigenvalue weighted by atomic mass is 9.93. The number of methoxy groups -OCH3 is 1. The van der Waals surface area contributed by atoms with Gasteiger partial charge < -0.3 is 19.2 Å². The number of rotatable bonds is 7. The van der Waals surface area contributed by atoms with Gasteiger partial charge in [-0.15, -0.1) is 0 Å². The van der Waals surface area contributed by atoms with Gasteiger partial charge in [-0.05, 0) is 41.3 Å². The Labute approximate surface area is 218 Å². The number of benzene rings is 2. The fourth-order valence-electron chi connectivity index (χ4n) is 4.61. The normalized spacial score (nSPS) is 15.8. The number of aromatic nitrogens is 1. The number of carbonyl (C=O) groups excluding carboxylic acids is 2. The Kier molecular flexibility index (Phi) is 6.48. The first-order valence-corrected chi connectivity index (χ1v) is 12.2. The lowest BCUT2D eigenvalue weighted by Gasteiger charge is -2.26. The highest BCUT2D eigenvalue weighted by Crippen LogP contribution is 2.41. The number of pyridine rings is 1. The molecule has 1 aliphatic rings. The molecule has 5 rings (SSSR count). The topological polar surface area (TPSA) is 92.9 Å². The molecule has 1 aliphatic heterocycles. The third kappa shape index (κ3) is 4.47. The van der Waals surface area contributed by atoms with E-state index in [1.807, 2.05) is 30.3 Å². The maximum atomic E-state index is 13.8. The van der Waals surface area contributed by atoms with Crippen molar-refractivity contribution in [1.29, 1.82) is 0 Å². The second-order valence-electron chi connectivity index (χ2n) is 9.21. The highest BCUT2D eigenvalue weighted by molar-refractivity contribution is 6.31.